The number of carbonyl (C=O) groups is 1. The SMILES string of the molecule is Cc1csc(N(C(=O)COc2ccc(Cl)cc2Cl)c2ccccc2)n1. The van der Waals surface area contributed by atoms with Crippen molar-refractivity contribution in [1.82, 2.24) is 4.98 Å². The zero-order valence-corrected chi connectivity index (χ0v) is 15.6. The first-order valence-corrected chi connectivity index (χ1v) is 9.06. The monoisotopic (exact) mass is 392 g/mol. The van der Waals surface area contributed by atoms with Crippen LogP contribution in [0.3, 0.4) is 0 Å². The van der Waals surface area contributed by atoms with E-state index >= 15 is 0 Å². The smallest absolute Gasteiger partial charge is 0.271 e. The Morgan fingerprint density at radius 1 is 1.20 bits per heavy atom. The van der Waals surface area contributed by atoms with Crippen LogP contribution in [0.5, 0.6) is 5.75 Å². The molecule has 0 saturated carbocycles. The van der Waals surface area contributed by atoms with E-state index in [1.54, 1.807) is 23.1 Å². The van der Waals surface area contributed by atoms with E-state index in [4.69, 9.17) is 27.9 Å². The molecule has 0 unspecified atom stereocenters. The molecule has 1 amide bonds. The summed E-state index contributed by atoms with van der Waals surface area (Å²) in [5.41, 5.74) is 1.59. The summed E-state index contributed by atoms with van der Waals surface area (Å²) < 4.78 is 5.58. The minimum absolute atomic E-state index is 0.172. The molecule has 25 heavy (non-hydrogen) atoms. The minimum atomic E-state index is -0.244. The number of thiazole rings is 1. The number of para-hydroxylation sites is 1. The maximum atomic E-state index is 12.8. The highest BCUT2D eigenvalue weighted by Crippen LogP contribution is 2.30. The lowest BCUT2D eigenvalue weighted by Gasteiger charge is -2.20. The van der Waals surface area contributed by atoms with Crippen LogP contribution in [0, 0.1) is 6.92 Å². The predicted molar refractivity (Wildman–Crippen MR) is 102 cm³/mol. The zero-order chi connectivity index (χ0) is 17.8. The maximum Gasteiger partial charge on any atom is 0.271 e. The molecule has 2 aromatic carbocycles. The number of nitrogens with zero attached hydrogens (tertiary/aromatic N) is 2. The third kappa shape index (κ3) is 4.31. The van der Waals surface area contributed by atoms with Crippen molar-refractivity contribution in [2.75, 3.05) is 11.5 Å². The highest BCUT2D eigenvalue weighted by atomic mass is 35.5. The number of ether oxygens (including phenoxy) is 1. The number of anilines is 2. The Kier molecular flexibility index (Phi) is 5.58. The van der Waals surface area contributed by atoms with Crippen LogP contribution in [-0.2, 0) is 4.79 Å². The van der Waals surface area contributed by atoms with Crippen LogP contribution in [0.25, 0.3) is 0 Å². The van der Waals surface area contributed by atoms with Gasteiger partial charge in [0.1, 0.15) is 5.75 Å². The van der Waals surface area contributed by atoms with Gasteiger partial charge in [-0.1, -0.05) is 41.4 Å². The van der Waals surface area contributed by atoms with Gasteiger partial charge >= 0.3 is 0 Å². The maximum absolute atomic E-state index is 12.8. The second-order valence-electron chi connectivity index (χ2n) is 5.20. The van der Waals surface area contributed by atoms with Gasteiger partial charge in [0.25, 0.3) is 5.91 Å². The van der Waals surface area contributed by atoms with E-state index in [0.717, 1.165) is 11.4 Å². The van der Waals surface area contributed by atoms with Crippen molar-refractivity contribution in [2.24, 2.45) is 0 Å². The van der Waals surface area contributed by atoms with Gasteiger partial charge in [-0.05, 0) is 37.3 Å². The second kappa shape index (κ2) is 7.87. The number of aromatic nitrogens is 1. The lowest BCUT2D eigenvalue weighted by Crippen LogP contribution is -2.30. The number of halogens is 2. The molecule has 0 radical (unpaired) electrons. The average molecular weight is 393 g/mol. The van der Waals surface area contributed by atoms with E-state index in [1.165, 1.54) is 11.3 Å². The molecule has 0 bridgehead atoms. The van der Waals surface area contributed by atoms with Gasteiger partial charge in [0.15, 0.2) is 11.7 Å². The average Bonchev–Trinajstić information content (AvgIpc) is 3.01. The Hall–Kier alpha value is -2.08. The molecule has 3 rings (SSSR count). The molecule has 3 aromatic rings. The molecule has 0 aliphatic carbocycles. The first-order valence-electron chi connectivity index (χ1n) is 7.42. The van der Waals surface area contributed by atoms with E-state index in [9.17, 15) is 4.79 Å². The summed E-state index contributed by atoms with van der Waals surface area (Å²) in [6.07, 6.45) is 0. The van der Waals surface area contributed by atoms with Gasteiger partial charge in [0.05, 0.1) is 16.4 Å². The van der Waals surface area contributed by atoms with Crippen LogP contribution in [0.2, 0.25) is 10.0 Å². The molecule has 0 saturated heterocycles. The summed E-state index contributed by atoms with van der Waals surface area (Å²) in [7, 11) is 0. The van der Waals surface area contributed by atoms with Crippen molar-refractivity contribution >= 4 is 51.3 Å². The second-order valence-corrected chi connectivity index (χ2v) is 6.88. The molecular weight excluding hydrogens is 379 g/mol. The zero-order valence-electron chi connectivity index (χ0n) is 13.3. The molecule has 0 N–H and O–H groups in total. The van der Waals surface area contributed by atoms with Crippen molar-refractivity contribution in [3.05, 3.63) is 69.7 Å². The molecule has 0 spiro atoms. The summed E-state index contributed by atoms with van der Waals surface area (Å²) in [5, 5.41) is 3.36. The number of rotatable bonds is 5. The summed E-state index contributed by atoms with van der Waals surface area (Å²) in [6, 6.07) is 14.2. The largest absolute Gasteiger partial charge is 0.482 e. The van der Waals surface area contributed by atoms with Crippen LogP contribution in [0.4, 0.5) is 10.8 Å². The predicted octanol–water partition coefficient (Wildman–Crippen LogP) is 5.50. The first kappa shape index (κ1) is 17.7. The standard InChI is InChI=1S/C18H14Cl2N2O2S/c1-12-11-25-18(21-12)22(14-5-3-2-4-6-14)17(23)10-24-16-8-7-13(19)9-15(16)20/h2-9,11H,10H2,1H3. The highest BCUT2D eigenvalue weighted by molar-refractivity contribution is 7.14. The fourth-order valence-corrected chi connectivity index (χ4v) is 3.48. The number of carbonyl (C=O) groups excluding carboxylic acids is 1. The number of benzene rings is 2. The quantitative estimate of drug-likeness (QED) is 0.575. The van der Waals surface area contributed by atoms with Crippen molar-refractivity contribution in [3.63, 3.8) is 0 Å². The highest BCUT2D eigenvalue weighted by Gasteiger charge is 2.21. The molecule has 1 aromatic heterocycles. The van der Waals surface area contributed by atoms with Gasteiger partial charge in [-0.15, -0.1) is 11.3 Å². The van der Waals surface area contributed by atoms with Gasteiger partial charge < -0.3 is 4.74 Å². The fourth-order valence-electron chi connectivity index (χ4n) is 2.18. The lowest BCUT2D eigenvalue weighted by atomic mass is 10.3. The van der Waals surface area contributed by atoms with Crippen LogP contribution in [-0.4, -0.2) is 17.5 Å². The van der Waals surface area contributed by atoms with Crippen molar-refractivity contribution in [1.29, 1.82) is 0 Å². The number of aryl methyl sites for hydroxylation is 1. The Morgan fingerprint density at radius 3 is 2.60 bits per heavy atom. The van der Waals surface area contributed by atoms with Gasteiger partial charge in [-0.3, -0.25) is 9.69 Å². The Labute approximate surface area is 159 Å². The van der Waals surface area contributed by atoms with Gasteiger partial charge in [0.2, 0.25) is 0 Å². The van der Waals surface area contributed by atoms with Gasteiger partial charge in [-0.2, -0.15) is 0 Å². The lowest BCUT2D eigenvalue weighted by molar-refractivity contribution is -0.119. The Balaban J connectivity index is 1.82. The van der Waals surface area contributed by atoms with Crippen molar-refractivity contribution in [2.45, 2.75) is 6.92 Å². The minimum Gasteiger partial charge on any atom is -0.482 e. The summed E-state index contributed by atoms with van der Waals surface area (Å²) >= 11 is 13.4. The molecular formula is C18H14Cl2N2O2S. The van der Waals surface area contributed by atoms with Crippen LogP contribution >= 0.6 is 34.5 Å². The molecule has 0 aliphatic rings. The van der Waals surface area contributed by atoms with Gasteiger partial charge in [0, 0.05) is 10.4 Å². The van der Waals surface area contributed by atoms with Crippen molar-refractivity contribution in [3.8, 4) is 5.75 Å². The van der Waals surface area contributed by atoms with Gasteiger partial charge in [-0.25, -0.2) is 4.98 Å². The number of amides is 1. The molecule has 4 nitrogen and oxygen atoms in total. The molecule has 0 atom stereocenters. The normalized spacial score (nSPS) is 10.5. The van der Waals surface area contributed by atoms with Crippen LogP contribution in [0.15, 0.2) is 53.9 Å². The van der Waals surface area contributed by atoms with Crippen LogP contribution in [0.1, 0.15) is 5.69 Å². The molecule has 7 heteroatoms. The molecule has 1 heterocycles. The van der Waals surface area contributed by atoms with E-state index in [1.807, 2.05) is 42.6 Å². The summed E-state index contributed by atoms with van der Waals surface area (Å²) in [6.45, 7) is 1.71. The van der Waals surface area contributed by atoms with E-state index in [-0.39, 0.29) is 12.5 Å². The van der Waals surface area contributed by atoms with E-state index in [0.29, 0.717) is 20.9 Å². The number of hydrogen-bond donors (Lipinski definition) is 0. The summed E-state index contributed by atoms with van der Waals surface area (Å²) in [5.74, 6) is 0.161. The fraction of sp³-hybridized carbons (Fsp3) is 0.111. The molecule has 128 valence electrons. The third-order valence-corrected chi connectivity index (χ3v) is 4.78. The van der Waals surface area contributed by atoms with E-state index in [2.05, 4.69) is 4.98 Å². The van der Waals surface area contributed by atoms with Crippen molar-refractivity contribution < 1.29 is 9.53 Å². The summed E-state index contributed by atoms with van der Waals surface area (Å²) in [4.78, 5) is 18.8. The molecule has 0 fully saturated rings. The topological polar surface area (TPSA) is 42.4 Å². The van der Waals surface area contributed by atoms with Crippen LogP contribution < -0.4 is 9.64 Å². The third-order valence-electron chi connectivity index (χ3n) is 3.31. The molecule has 0 aliphatic heterocycles. The Bertz CT molecular complexity index is 884. The number of hydrogen-bond acceptors (Lipinski definition) is 4. The Morgan fingerprint density at radius 2 is 1.96 bits per heavy atom. The van der Waals surface area contributed by atoms with E-state index < -0.39 is 0 Å². The first-order chi connectivity index (χ1) is 12.0.